The van der Waals surface area contributed by atoms with Crippen LogP contribution in [0.15, 0.2) is 52.7 Å². The van der Waals surface area contributed by atoms with Crippen molar-refractivity contribution in [2.45, 2.75) is 50.5 Å². The third kappa shape index (κ3) is 3.47. The van der Waals surface area contributed by atoms with Crippen LogP contribution in [0.1, 0.15) is 50.5 Å². The fourth-order valence-corrected chi connectivity index (χ4v) is 4.72. The number of benzene rings is 1. The smallest absolute Gasteiger partial charge is 0.211 e. The second kappa shape index (κ2) is 7.00. The number of rotatable bonds is 4. The lowest BCUT2D eigenvalue weighted by molar-refractivity contribution is -0.0984. The van der Waals surface area contributed by atoms with Crippen LogP contribution in [0.3, 0.4) is 0 Å². The molecule has 5 heteroatoms. The SMILES string of the molecule is C[C@]12CC[C@H](c3ccccc3)C[C@@]1(O)CC[C@@H]2C=CC=NN=C(N)N. The molecule has 0 aromatic heterocycles. The molecule has 5 N–H and O–H groups in total. The molecule has 25 heavy (non-hydrogen) atoms. The Morgan fingerprint density at radius 3 is 2.68 bits per heavy atom. The van der Waals surface area contributed by atoms with Gasteiger partial charge in [0.2, 0.25) is 5.96 Å². The first-order valence-corrected chi connectivity index (χ1v) is 9.01. The second-order valence-electron chi connectivity index (χ2n) is 7.62. The summed E-state index contributed by atoms with van der Waals surface area (Å²) in [7, 11) is 0. The van der Waals surface area contributed by atoms with Gasteiger partial charge in [-0.05, 0) is 55.6 Å². The van der Waals surface area contributed by atoms with E-state index >= 15 is 0 Å². The average molecular weight is 340 g/mol. The highest BCUT2D eigenvalue weighted by Gasteiger charge is 2.58. The molecule has 3 rings (SSSR count). The molecule has 0 bridgehead atoms. The Labute approximate surface area is 149 Å². The Balaban J connectivity index is 1.71. The molecule has 1 aromatic rings. The Morgan fingerprint density at radius 2 is 1.96 bits per heavy atom. The fourth-order valence-electron chi connectivity index (χ4n) is 4.72. The van der Waals surface area contributed by atoms with Crippen LogP contribution in [0.5, 0.6) is 0 Å². The number of hydrogen-bond acceptors (Lipinski definition) is 3. The predicted molar refractivity (Wildman–Crippen MR) is 102 cm³/mol. The van der Waals surface area contributed by atoms with E-state index in [0.717, 1.165) is 32.1 Å². The summed E-state index contributed by atoms with van der Waals surface area (Å²) < 4.78 is 0. The van der Waals surface area contributed by atoms with Crippen molar-refractivity contribution in [1.82, 2.24) is 0 Å². The van der Waals surface area contributed by atoms with Gasteiger partial charge in [0.05, 0.1) is 5.60 Å². The number of nitrogens with zero attached hydrogens (tertiary/aromatic N) is 2. The molecule has 0 spiro atoms. The van der Waals surface area contributed by atoms with E-state index in [1.807, 2.05) is 12.1 Å². The van der Waals surface area contributed by atoms with Gasteiger partial charge in [-0.1, -0.05) is 43.3 Å². The maximum absolute atomic E-state index is 11.4. The first-order chi connectivity index (χ1) is 11.9. The molecule has 2 aliphatic rings. The molecule has 0 heterocycles. The van der Waals surface area contributed by atoms with E-state index in [4.69, 9.17) is 11.5 Å². The molecule has 134 valence electrons. The highest BCUT2D eigenvalue weighted by Crippen LogP contribution is 2.60. The third-order valence-corrected chi connectivity index (χ3v) is 6.29. The van der Waals surface area contributed by atoms with Crippen molar-refractivity contribution >= 4 is 12.2 Å². The van der Waals surface area contributed by atoms with Gasteiger partial charge >= 0.3 is 0 Å². The molecule has 0 saturated heterocycles. The largest absolute Gasteiger partial charge is 0.389 e. The van der Waals surface area contributed by atoms with E-state index in [1.54, 1.807) is 6.21 Å². The summed E-state index contributed by atoms with van der Waals surface area (Å²) in [5.74, 6) is 0.747. The zero-order valence-electron chi connectivity index (χ0n) is 14.8. The van der Waals surface area contributed by atoms with Gasteiger partial charge in [-0.25, -0.2) is 0 Å². The maximum atomic E-state index is 11.4. The number of hydrogen-bond donors (Lipinski definition) is 3. The van der Waals surface area contributed by atoms with Crippen molar-refractivity contribution in [2.24, 2.45) is 33.0 Å². The lowest BCUT2D eigenvalue weighted by Gasteiger charge is -2.49. The highest BCUT2D eigenvalue weighted by molar-refractivity contribution is 5.77. The standard InChI is InChI=1S/C20H28N4O/c1-19-11-9-16(15-6-3-2-4-7-15)14-20(19,25)12-10-17(19)8-5-13-23-24-18(21)22/h2-8,13,16-17,25H,9-12,14H2,1H3,(H4,21,22,24)/t16-,17-,19+,20-/m0/s1. The molecule has 2 fully saturated rings. The summed E-state index contributed by atoms with van der Waals surface area (Å²) in [6, 6.07) is 10.6. The maximum Gasteiger partial charge on any atom is 0.211 e. The van der Waals surface area contributed by atoms with Crippen LogP contribution in [-0.4, -0.2) is 22.9 Å². The van der Waals surface area contributed by atoms with Crippen molar-refractivity contribution < 1.29 is 5.11 Å². The monoisotopic (exact) mass is 340 g/mol. The molecule has 2 aliphatic carbocycles. The van der Waals surface area contributed by atoms with Crippen molar-refractivity contribution in [1.29, 1.82) is 0 Å². The van der Waals surface area contributed by atoms with Crippen LogP contribution in [0.2, 0.25) is 0 Å². The zero-order valence-corrected chi connectivity index (χ0v) is 14.8. The number of aliphatic hydroxyl groups is 1. The first kappa shape index (κ1) is 17.7. The van der Waals surface area contributed by atoms with E-state index in [0.29, 0.717) is 11.8 Å². The summed E-state index contributed by atoms with van der Waals surface area (Å²) in [4.78, 5) is 0. The molecular formula is C20H28N4O. The molecule has 1 aromatic carbocycles. The summed E-state index contributed by atoms with van der Waals surface area (Å²) >= 11 is 0. The minimum absolute atomic E-state index is 0.0499. The summed E-state index contributed by atoms with van der Waals surface area (Å²) in [5, 5.41) is 18.8. The minimum Gasteiger partial charge on any atom is -0.389 e. The van der Waals surface area contributed by atoms with E-state index < -0.39 is 5.60 Å². The van der Waals surface area contributed by atoms with Gasteiger partial charge in [-0.3, -0.25) is 0 Å². The van der Waals surface area contributed by atoms with Crippen LogP contribution in [-0.2, 0) is 0 Å². The zero-order chi connectivity index (χ0) is 17.9. The predicted octanol–water partition coefficient (Wildman–Crippen LogP) is 2.92. The van der Waals surface area contributed by atoms with Crippen molar-refractivity contribution in [2.75, 3.05) is 0 Å². The number of allylic oxidation sites excluding steroid dienone is 2. The van der Waals surface area contributed by atoms with Crippen LogP contribution < -0.4 is 11.5 Å². The van der Waals surface area contributed by atoms with E-state index in [9.17, 15) is 5.11 Å². The third-order valence-electron chi connectivity index (χ3n) is 6.29. The van der Waals surface area contributed by atoms with Crippen molar-refractivity contribution in [3.63, 3.8) is 0 Å². The van der Waals surface area contributed by atoms with Gasteiger partial charge < -0.3 is 16.6 Å². The van der Waals surface area contributed by atoms with E-state index in [2.05, 4.69) is 47.5 Å². The number of guanidine groups is 1. The van der Waals surface area contributed by atoms with Crippen LogP contribution in [0.25, 0.3) is 0 Å². The highest BCUT2D eigenvalue weighted by atomic mass is 16.3. The number of fused-ring (bicyclic) bond motifs is 1. The van der Waals surface area contributed by atoms with Gasteiger partial charge in [-0.15, -0.1) is 5.10 Å². The first-order valence-electron chi connectivity index (χ1n) is 9.01. The van der Waals surface area contributed by atoms with Gasteiger partial charge in [0.1, 0.15) is 0 Å². The normalized spacial score (nSPS) is 35.1. The summed E-state index contributed by atoms with van der Waals surface area (Å²) in [6.45, 7) is 2.24. The van der Waals surface area contributed by atoms with Gasteiger partial charge in [-0.2, -0.15) is 5.10 Å². The van der Waals surface area contributed by atoms with E-state index in [-0.39, 0.29) is 11.4 Å². The molecule has 0 aliphatic heterocycles. The molecule has 0 unspecified atom stereocenters. The van der Waals surface area contributed by atoms with Crippen LogP contribution >= 0.6 is 0 Å². The molecule has 4 atom stereocenters. The Bertz CT molecular complexity index is 680. The topological polar surface area (TPSA) is 97.0 Å². The fraction of sp³-hybridized carbons (Fsp3) is 0.500. The minimum atomic E-state index is -0.599. The number of nitrogens with two attached hydrogens (primary N) is 2. The molecule has 0 amide bonds. The van der Waals surface area contributed by atoms with E-state index in [1.165, 1.54) is 5.56 Å². The van der Waals surface area contributed by atoms with Gasteiger partial charge in [0.25, 0.3) is 0 Å². The Hall–Kier alpha value is -2.14. The lowest BCUT2D eigenvalue weighted by atomic mass is 9.59. The average Bonchev–Trinajstić information content (AvgIpc) is 2.86. The van der Waals surface area contributed by atoms with Crippen molar-refractivity contribution in [3.8, 4) is 0 Å². The molecule has 2 saturated carbocycles. The lowest BCUT2D eigenvalue weighted by Crippen LogP contribution is -2.49. The van der Waals surface area contributed by atoms with Crippen LogP contribution in [0.4, 0.5) is 0 Å². The Morgan fingerprint density at radius 1 is 1.20 bits per heavy atom. The summed E-state index contributed by atoms with van der Waals surface area (Å²) in [5.41, 5.74) is 11.1. The van der Waals surface area contributed by atoms with Gasteiger partial charge in [0, 0.05) is 11.6 Å². The molecular weight excluding hydrogens is 312 g/mol. The molecule has 0 radical (unpaired) electrons. The quantitative estimate of drug-likeness (QED) is 0.446. The molecule has 5 nitrogen and oxygen atoms in total. The van der Waals surface area contributed by atoms with Gasteiger partial charge in [0.15, 0.2) is 0 Å². The second-order valence-corrected chi connectivity index (χ2v) is 7.62. The van der Waals surface area contributed by atoms with Crippen LogP contribution in [0, 0.1) is 11.3 Å². The Kier molecular flexibility index (Phi) is 4.95. The summed E-state index contributed by atoms with van der Waals surface area (Å²) in [6.07, 6.45) is 10.5. The van der Waals surface area contributed by atoms with Crippen molar-refractivity contribution in [3.05, 3.63) is 48.0 Å².